The van der Waals surface area contributed by atoms with Crippen LogP contribution in [0.4, 0.5) is 0 Å². The van der Waals surface area contributed by atoms with Crippen molar-refractivity contribution in [1.29, 1.82) is 0 Å². The molecule has 0 heterocycles. The summed E-state index contributed by atoms with van der Waals surface area (Å²) < 4.78 is 10.4. The summed E-state index contributed by atoms with van der Waals surface area (Å²) in [7, 11) is 2.99. The van der Waals surface area contributed by atoms with Crippen LogP contribution in [0.1, 0.15) is 43.5 Å². The van der Waals surface area contributed by atoms with Crippen LogP contribution in [0.25, 0.3) is 0 Å². The van der Waals surface area contributed by atoms with E-state index in [-0.39, 0.29) is 17.9 Å². The number of rotatable bonds is 8. The van der Waals surface area contributed by atoms with Gasteiger partial charge in [0, 0.05) is 17.7 Å². The van der Waals surface area contributed by atoms with Gasteiger partial charge in [0.05, 0.1) is 20.1 Å². The summed E-state index contributed by atoms with van der Waals surface area (Å²) >= 11 is 0. The minimum absolute atomic E-state index is 0.145. The molecule has 0 bridgehead atoms. The average Bonchev–Trinajstić information content (AvgIpc) is 3.13. The number of carboxylic acid groups (broad SMARTS) is 1. The molecule has 1 saturated carbocycles. The topological polar surface area (TPSA) is 114 Å². The lowest BCUT2D eigenvalue weighted by molar-refractivity contribution is -0.141. The summed E-state index contributed by atoms with van der Waals surface area (Å²) in [6, 6.07) is 3.86. The van der Waals surface area contributed by atoms with Crippen LogP contribution in [0.15, 0.2) is 18.2 Å². The van der Waals surface area contributed by atoms with E-state index >= 15 is 0 Å². The fourth-order valence-corrected chi connectivity index (χ4v) is 3.33. The average molecular weight is 392 g/mol. The molecule has 0 aromatic heterocycles. The summed E-state index contributed by atoms with van der Waals surface area (Å²) in [4.78, 5) is 36.5. The normalized spacial score (nSPS) is 19.8. The molecule has 1 aromatic carbocycles. The Morgan fingerprint density at radius 1 is 1.07 bits per heavy atom. The highest BCUT2D eigenvalue weighted by Crippen LogP contribution is 2.26. The molecule has 8 heteroatoms. The summed E-state index contributed by atoms with van der Waals surface area (Å²) in [6.07, 6.45) is 1.57. The quantitative estimate of drug-likeness (QED) is 0.622. The Hall–Kier alpha value is -2.77. The number of methoxy groups -OCH3 is 2. The highest BCUT2D eigenvalue weighted by molar-refractivity contribution is 5.98. The van der Waals surface area contributed by atoms with Crippen LogP contribution in [-0.2, 0) is 9.59 Å². The predicted molar refractivity (Wildman–Crippen MR) is 103 cm³/mol. The minimum atomic E-state index is -0.836. The second kappa shape index (κ2) is 9.43. The summed E-state index contributed by atoms with van der Waals surface area (Å²) in [5.41, 5.74) is 0.321. The Morgan fingerprint density at radius 3 is 2.14 bits per heavy atom. The standard InChI is InChI=1S/C20H28N2O6/c1-11(2)17(19(24)21-14-6-5-12(7-14)20(25)26)22-18(23)13-8-15(27-3)10-16(9-13)28-4/h8-12,14,17H,5-7H2,1-4H3,(H,21,24)(H,22,23)(H,25,26)/t12-,14+,17?/m1/s1. The smallest absolute Gasteiger partial charge is 0.306 e. The second-order valence-electron chi connectivity index (χ2n) is 7.35. The summed E-state index contributed by atoms with van der Waals surface area (Å²) in [6.45, 7) is 3.68. The fraction of sp³-hybridized carbons (Fsp3) is 0.550. The van der Waals surface area contributed by atoms with Gasteiger partial charge in [0.25, 0.3) is 5.91 Å². The van der Waals surface area contributed by atoms with Gasteiger partial charge in [-0.1, -0.05) is 13.8 Å². The zero-order valence-corrected chi connectivity index (χ0v) is 16.7. The molecule has 3 atom stereocenters. The first kappa shape index (κ1) is 21.5. The van der Waals surface area contributed by atoms with Crippen molar-refractivity contribution in [2.45, 2.75) is 45.2 Å². The number of hydrogen-bond donors (Lipinski definition) is 3. The van der Waals surface area contributed by atoms with Crippen LogP contribution >= 0.6 is 0 Å². The first-order valence-electron chi connectivity index (χ1n) is 9.32. The number of carboxylic acids is 1. The highest BCUT2D eigenvalue weighted by Gasteiger charge is 2.33. The van der Waals surface area contributed by atoms with E-state index in [0.29, 0.717) is 36.3 Å². The molecule has 0 spiro atoms. The minimum Gasteiger partial charge on any atom is -0.497 e. The van der Waals surface area contributed by atoms with Gasteiger partial charge >= 0.3 is 5.97 Å². The number of benzene rings is 1. The lowest BCUT2D eigenvalue weighted by Crippen LogP contribution is -2.51. The van der Waals surface area contributed by atoms with Crippen molar-refractivity contribution in [2.75, 3.05) is 14.2 Å². The Bertz CT molecular complexity index is 711. The number of amides is 2. The van der Waals surface area contributed by atoms with Gasteiger partial charge < -0.3 is 25.2 Å². The summed E-state index contributed by atoms with van der Waals surface area (Å²) in [5, 5.41) is 14.7. The van der Waals surface area contributed by atoms with E-state index in [1.165, 1.54) is 14.2 Å². The molecule has 0 aliphatic heterocycles. The van der Waals surface area contributed by atoms with E-state index in [0.717, 1.165) is 0 Å². The van der Waals surface area contributed by atoms with Crippen LogP contribution in [0.3, 0.4) is 0 Å². The fourth-order valence-electron chi connectivity index (χ4n) is 3.33. The Balaban J connectivity index is 2.07. The van der Waals surface area contributed by atoms with Crippen LogP contribution in [-0.4, -0.2) is 49.2 Å². The molecule has 0 saturated heterocycles. The third-order valence-corrected chi connectivity index (χ3v) is 4.98. The Labute approximate surface area is 164 Å². The van der Waals surface area contributed by atoms with Crippen molar-refractivity contribution < 1.29 is 29.0 Å². The van der Waals surface area contributed by atoms with E-state index in [2.05, 4.69) is 10.6 Å². The molecule has 2 amide bonds. The number of carbonyl (C=O) groups excluding carboxylic acids is 2. The molecular formula is C20H28N2O6. The number of hydrogen-bond acceptors (Lipinski definition) is 5. The van der Waals surface area contributed by atoms with Gasteiger partial charge in [0.1, 0.15) is 17.5 Å². The maximum absolute atomic E-state index is 12.7. The monoisotopic (exact) mass is 392 g/mol. The van der Waals surface area contributed by atoms with Crippen molar-refractivity contribution in [3.8, 4) is 11.5 Å². The summed E-state index contributed by atoms with van der Waals surface area (Å²) in [5.74, 6) is -1.19. The van der Waals surface area contributed by atoms with Crippen LogP contribution in [0.5, 0.6) is 11.5 Å². The van der Waals surface area contributed by atoms with Crippen molar-refractivity contribution in [3.63, 3.8) is 0 Å². The molecule has 154 valence electrons. The predicted octanol–water partition coefficient (Wildman–Crippen LogP) is 1.83. The van der Waals surface area contributed by atoms with Gasteiger partial charge in [-0.05, 0) is 37.3 Å². The van der Waals surface area contributed by atoms with E-state index in [4.69, 9.17) is 14.6 Å². The maximum Gasteiger partial charge on any atom is 0.306 e. The first-order chi connectivity index (χ1) is 13.2. The van der Waals surface area contributed by atoms with Crippen molar-refractivity contribution in [1.82, 2.24) is 10.6 Å². The molecule has 1 aromatic rings. The zero-order chi connectivity index (χ0) is 20.8. The van der Waals surface area contributed by atoms with Crippen molar-refractivity contribution >= 4 is 17.8 Å². The van der Waals surface area contributed by atoms with Crippen LogP contribution < -0.4 is 20.1 Å². The van der Waals surface area contributed by atoms with E-state index in [1.807, 2.05) is 13.8 Å². The van der Waals surface area contributed by atoms with E-state index < -0.39 is 23.8 Å². The molecule has 2 rings (SSSR count). The lowest BCUT2D eigenvalue weighted by atomic mass is 10.0. The van der Waals surface area contributed by atoms with Crippen molar-refractivity contribution in [2.24, 2.45) is 11.8 Å². The van der Waals surface area contributed by atoms with Gasteiger partial charge in [-0.25, -0.2) is 0 Å². The molecule has 1 fully saturated rings. The molecule has 28 heavy (non-hydrogen) atoms. The third-order valence-electron chi connectivity index (χ3n) is 4.98. The molecule has 1 unspecified atom stereocenters. The van der Waals surface area contributed by atoms with Gasteiger partial charge in [0.2, 0.25) is 5.91 Å². The molecule has 0 radical (unpaired) electrons. The molecule has 8 nitrogen and oxygen atoms in total. The number of carbonyl (C=O) groups is 3. The number of aliphatic carboxylic acids is 1. The van der Waals surface area contributed by atoms with E-state index in [1.54, 1.807) is 18.2 Å². The van der Waals surface area contributed by atoms with Crippen LogP contribution in [0, 0.1) is 11.8 Å². The second-order valence-corrected chi connectivity index (χ2v) is 7.35. The molecule has 1 aliphatic carbocycles. The number of nitrogens with one attached hydrogen (secondary N) is 2. The molecule has 3 N–H and O–H groups in total. The SMILES string of the molecule is COc1cc(OC)cc(C(=O)NC(C(=O)N[C@H]2CC[C@@H](C(=O)O)C2)C(C)C)c1. The van der Waals surface area contributed by atoms with Gasteiger partial charge in [-0.2, -0.15) is 0 Å². The van der Waals surface area contributed by atoms with Crippen LogP contribution in [0.2, 0.25) is 0 Å². The maximum atomic E-state index is 12.7. The van der Waals surface area contributed by atoms with Crippen molar-refractivity contribution in [3.05, 3.63) is 23.8 Å². The first-order valence-corrected chi connectivity index (χ1v) is 9.32. The third kappa shape index (κ3) is 5.37. The Kier molecular flexibility index (Phi) is 7.25. The van der Waals surface area contributed by atoms with Gasteiger partial charge in [-0.15, -0.1) is 0 Å². The lowest BCUT2D eigenvalue weighted by Gasteiger charge is -2.24. The Morgan fingerprint density at radius 2 is 1.68 bits per heavy atom. The number of ether oxygens (including phenoxy) is 2. The van der Waals surface area contributed by atoms with Gasteiger partial charge in [0.15, 0.2) is 0 Å². The molecular weight excluding hydrogens is 364 g/mol. The van der Waals surface area contributed by atoms with Gasteiger partial charge in [-0.3, -0.25) is 14.4 Å². The highest BCUT2D eigenvalue weighted by atomic mass is 16.5. The van der Waals surface area contributed by atoms with E-state index in [9.17, 15) is 14.4 Å². The molecule has 1 aliphatic rings. The zero-order valence-electron chi connectivity index (χ0n) is 16.7. The largest absolute Gasteiger partial charge is 0.497 e.